The highest BCUT2D eigenvalue weighted by Gasteiger charge is 2.26. The van der Waals surface area contributed by atoms with Gasteiger partial charge in [0.2, 0.25) is 10.0 Å². The fourth-order valence-corrected chi connectivity index (χ4v) is 5.63. The fraction of sp³-hybridized carbons (Fsp3) is 0.240. The zero-order valence-corrected chi connectivity index (χ0v) is 20.3. The number of nitrogens with one attached hydrogen (secondary N) is 1. The van der Waals surface area contributed by atoms with Crippen molar-refractivity contribution in [3.05, 3.63) is 60.9 Å². The van der Waals surface area contributed by atoms with E-state index in [4.69, 9.17) is 9.97 Å². The number of hydrogen-bond donors (Lipinski definition) is 1. The maximum atomic E-state index is 12.1. The van der Waals surface area contributed by atoms with Crippen LogP contribution in [0.2, 0.25) is 0 Å². The topological polar surface area (TPSA) is 100 Å². The Balaban J connectivity index is 1.52. The molecule has 0 radical (unpaired) electrons. The number of sulfonamides is 1. The molecule has 3 aromatic heterocycles. The molecule has 6 rings (SSSR count). The molecule has 1 aliphatic heterocycles. The van der Waals surface area contributed by atoms with E-state index in [1.807, 2.05) is 54.3 Å². The molecule has 0 bridgehead atoms. The van der Waals surface area contributed by atoms with Crippen LogP contribution in [0.5, 0.6) is 0 Å². The number of piperazine rings is 1. The molecule has 2 aromatic carbocycles. The molecule has 1 saturated heterocycles. The number of anilines is 1. The molecule has 0 aliphatic carbocycles. The fourth-order valence-electron chi connectivity index (χ4n) is 4.80. The van der Waals surface area contributed by atoms with E-state index in [0.29, 0.717) is 32.0 Å². The third kappa shape index (κ3) is 3.84. The van der Waals surface area contributed by atoms with Crippen LogP contribution < -0.4 is 4.90 Å². The Bertz CT molecular complexity index is 1660. The van der Waals surface area contributed by atoms with Crippen LogP contribution in [0.1, 0.15) is 0 Å². The van der Waals surface area contributed by atoms with Gasteiger partial charge >= 0.3 is 0 Å². The molecule has 0 atom stereocenters. The van der Waals surface area contributed by atoms with Crippen molar-refractivity contribution in [2.24, 2.45) is 7.05 Å². The SMILES string of the molecule is Cn1nccc1-c1ccc2nc(-c3cccc4[nH]ccc34)nc(N3CCN(S(C)(=O)=O)CC3)c2c1. The number of nitrogens with zero attached hydrogens (tertiary/aromatic N) is 6. The molecule has 0 saturated carbocycles. The highest BCUT2D eigenvalue weighted by atomic mass is 32.2. The van der Waals surface area contributed by atoms with E-state index in [1.165, 1.54) is 10.6 Å². The van der Waals surface area contributed by atoms with Crippen molar-refractivity contribution in [3.8, 4) is 22.6 Å². The van der Waals surface area contributed by atoms with Gasteiger partial charge in [-0.15, -0.1) is 0 Å². The quantitative estimate of drug-likeness (QED) is 0.418. The van der Waals surface area contributed by atoms with E-state index in [9.17, 15) is 8.42 Å². The lowest BCUT2D eigenvalue weighted by molar-refractivity contribution is 0.387. The van der Waals surface area contributed by atoms with Gasteiger partial charge in [0.15, 0.2) is 5.82 Å². The highest BCUT2D eigenvalue weighted by molar-refractivity contribution is 7.88. The summed E-state index contributed by atoms with van der Waals surface area (Å²) in [5.41, 5.74) is 4.85. The van der Waals surface area contributed by atoms with Gasteiger partial charge in [-0.05, 0) is 30.3 Å². The first-order chi connectivity index (χ1) is 16.9. The normalized spacial score (nSPS) is 15.3. The summed E-state index contributed by atoms with van der Waals surface area (Å²) in [4.78, 5) is 15.4. The summed E-state index contributed by atoms with van der Waals surface area (Å²) in [5.74, 6) is 1.46. The maximum absolute atomic E-state index is 12.1. The predicted molar refractivity (Wildman–Crippen MR) is 138 cm³/mol. The smallest absolute Gasteiger partial charge is 0.211 e. The maximum Gasteiger partial charge on any atom is 0.211 e. The van der Waals surface area contributed by atoms with E-state index < -0.39 is 10.0 Å². The van der Waals surface area contributed by atoms with E-state index in [2.05, 4.69) is 27.1 Å². The molecular formula is C25H25N7O2S. The third-order valence-corrected chi connectivity index (χ3v) is 7.94. The van der Waals surface area contributed by atoms with Crippen molar-refractivity contribution in [1.29, 1.82) is 0 Å². The Kier molecular flexibility index (Phi) is 5.08. The van der Waals surface area contributed by atoms with Gasteiger partial charge in [-0.1, -0.05) is 18.2 Å². The summed E-state index contributed by atoms with van der Waals surface area (Å²) in [5, 5.41) is 6.30. The summed E-state index contributed by atoms with van der Waals surface area (Å²) in [6, 6.07) is 16.3. The average molecular weight is 488 g/mol. The Morgan fingerprint density at radius 3 is 2.51 bits per heavy atom. The van der Waals surface area contributed by atoms with E-state index in [-0.39, 0.29) is 0 Å². The van der Waals surface area contributed by atoms with Crippen LogP contribution in [0.15, 0.2) is 60.9 Å². The summed E-state index contributed by atoms with van der Waals surface area (Å²) in [7, 11) is -1.30. The Morgan fingerprint density at radius 1 is 0.943 bits per heavy atom. The van der Waals surface area contributed by atoms with Gasteiger partial charge in [-0.25, -0.2) is 18.4 Å². The minimum Gasteiger partial charge on any atom is -0.361 e. The number of H-pyrrole nitrogens is 1. The van der Waals surface area contributed by atoms with Gasteiger partial charge in [-0.3, -0.25) is 4.68 Å². The Morgan fingerprint density at radius 2 is 1.77 bits per heavy atom. The predicted octanol–water partition coefficient (Wildman–Crippen LogP) is 3.26. The lowest BCUT2D eigenvalue weighted by Gasteiger charge is -2.34. The van der Waals surface area contributed by atoms with Gasteiger partial charge in [0.1, 0.15) is 5.82 Å². The van der Waals surface area contributed by atoms with Crippen molar-refractivity contribution < 1.29 is 8.42 Å². The van der Waals surface area contributed by atoms with Gasteiger partial charge in [0.25, 0.3) is 0 Å². The second-order valence-corrected chi connectivity index (χ2v) is 10.8. The lowest BCUT2D eigenvalue weighted by atomic mass is 10.1. The molecule has 5 aromatic rings. The molecule has 0 amide bonds. The van der Waals surface area contributed by atoms with Crippen LogP contribution in [-0.2, 0) is 17.1 Å². The molecule has 178 valence electrons. The van der Waals surface area contributed by atoms with E-state index in [0.717, 1.165) is 44.4 Å². The first-order valence-corrected chi connectivity index (χ1v) is 13.3. The van der Waals surface area contributed by atoms with Gasteiger partial charge in [-0.2, -0.15) is 9.40 Å². The van der Waals surface area contributed by atoms with Crippen LogP contribution in [0.3, 0.4) is 0 Å². The van der Waals surface area contributed by atoms with Crippen LogP contribution in [-0.4, -0.2) is 69.9 Å². The molecule has 1 N–H and O–H groups in total. The molecule has 1 fully saturated rings. The van der Waals surface area contributed by atoms with Crippen LogP contribution in [0.25, 0.3) is 44.5 Å². The molecule has 9 nitrogen and oxygen atoms in total. The van der Waals surface area contributed by atoms with Crippen molar-refractivity contribution in [1.82, 2.24) is 29.0 Å². The third-order valence-electron chi connectivity index (χ3n) is 6.64. The molecule has 1 aliphatic rings. The molecule has 0 spiro atoms. The summed E-state index contributed by atoms with van der Waals surface area (Å²) < 4.78 is 27.5. The van der Waals surface area contributed by atoms with E-state index in [1.54, 1.807) is 6.20 Å². The lowest BCUT2D eigenvalue weighted by Crippen LogP contribution is -2.48. The summed E-state index contributed by atoms with van der Waals surface area (Å²) in [6.07, 6.45) is 4.96. The number of benzene rings is 2. The Hall–Kier alpha value is -3.76. The second-order valence-electron chi connectivity index (χ2n) is 8.84. The summed E-state index contributed by atoms with van der Waals surface area (Å²) >= 11 is 0. The van der Waals surface area contributed by atoms with E-state index >= 15 is 0 Å². The number of fused-ring (bicyclic) bond motifs is 2. The van der Waals surface area contributed by atoms with Crippen molar-refractivity contribution in [2.45, 2.75) is 0 Å². The van der Waals surface area contributed by atoms with Crippen LogP contribution in [0.4, 0.5) is 5.82 Å². The van der Waals surface area contributed by atoms with Crippen molar-refractivity contribution >= 4 is 37.6 Å². The second kappa shape index (κ2) is 8.17. The monoisotopic (exact) mass is 487 g/mol. The number of hydrogen-bond acceptors (Lipinski definition) is 6. The van der Waals surface area contributed by atoms with Crippen molar-refractivity contribution in [2.75, 3.05) is 37.3 Å². The van der Waals surface area contributed by atoms with Gasteiger partial charge in [0.05, 0.1) is 17.5 Å². The van der Waals surface area contributed by atoms with Crippen molar-refractivity contribution in [3.63, 3.8) is 0 Å². The highest BCUT2D eigenvalue weighted by Crippen LogP contribution is 2.34. The zero-order valence-electron chi connectivity index (χ0n) is 19.5. The Labute approximate surface area is 203 Å². The number of rotatable bonds is 4. The zero-order chi connectivity index (χ0) is 24.2. The standard InChI is InChI=1S/C25H25N7O2S/c1-30-23(9-11-27-30)17-6-7-22-20(16-17)25(31-12-14-32(15-13-31)35(2,33)34)29-24(28-22)19-4-3-5-21-18(19)8-10-26-21/h3-11,16,26H,12-15H2,1-2H3. The minimum atomic E-state index is -3.22. The number of aromatic amines is 1. The first-order valence-electron chi connectivity index (χ1n) is 11.5. The number of aryl methyl sites for hydroxylation is 1. The van der Waals surface area contributed by atoms with Gasteiger partial charge in [0, 0.05) is 73.0 Å². The average Bonchev–Trinajstić information content (AvgIpc) is 3.51. The van der Waals surface area contributed by atoms with Crippen LogP contribution in [0, 0.1) is 0 Å². The van der Waals surface area contributed by atoms with Crippen LogP contribution >= 0.6 is 0 Å². The molecular weight excluding hydrogens is 462 g/mol. The molecule has 4 heterocycles. The number of aromatic nitrogens is 5. The van der Waals surface area contributed by atoms with Gasteiger partial charge < -0.3 is 9.88 Å². The largest absolute Gasteiger partial charge is 0.361 e. The minimum absolute atomic E-state index is 0.425. The molecule has 0 unspecified atom stereocenters. The molecule has 35 heavy (non-hydrogen) atoms. The molecule has 10 heteroatoms. The first kappa shape index (κ1) is 21.8. The summed E-state index contributed by atoms with van der Waals surface area (Å²) in [6.45, 7) is 1.97.